The molecule has 0 unspecified atom stereocenters. The minimum atomic E-state index is -0.443. The number of hydrogen-bond acceptors (Lipinski definition) is 5. The van der Waals surface area contributed by atoms with Crippen LogP contribution in [0.3, 0.4) is 0 Å². The average Bonchev–Trinajstić information content (AvgIpc) is 2.36. The van der Waals surface area contributed by atoms with Gasteiger partial charge in [-0.05, 0) is 32.9 Å². The molecule has 0 aliphatic carbocycles. The fourth-order valence-electron chi connectivity index (χ4n) is 1.40. The molecule has 5 heteroatoms. The SMILES string of the molecule is CCOc1cc(C#N)ccc1OCC(=O)OC(C)C. The van der Waals surface area contributed by atoms with Crippen molar-refractivity contribution in [2.24, 2.45) is 0 Å². The van der Waals surface area contributed by atoms with E-state index in [0.717, 1.165) is 0 Å². The summed E-state index contributed by atoms with van der Waals surface area (Å²) in [6.45, 7) is 5.62. The molecule has 1 aromatic rings. The molecule has 0 radical (unpaired) electrons. The number of rotatable bonds is 6. The lowest BCUT2D eigenvalue weighted by Gasteiger charge is -2.12. The molecule has 0 atom stereocenters. The van der Waals surface area contributed by atoms with E-state index in [9.17, 15) is 4.79 Å². The van der Waals surface area contributed by atoms with Gasteiger partial charge in [0.05, 0.1) is 24.3 Å². The smallest absolute Gasteiger partial charge is 0.344 e. The second kappa shape index (κ2) is 7.27. The normalized spacial score (nSPS) is 9.84. The van der Waals surface area contributed by atoms with Gasteiger partial charge in [0, 0.05) is 6.07 Å². The lowest BCUT2D eigenvalue weighted by atomic mass is 10.2. The van der Waals surface area contributed by atoms with Crippen molar-refractivity contribution in [2.75, 3.05) is 13.2 Å². The number of carbonyl (C=O) groups is 1. The molecule has 1 rings (SSSR count). The first-order valence-corrected chi connectivity index (χ1v) is 6.06. The molecular formula is C14H17NO4. The van der Waals surface area contributed by atoms with E-state index >= 15 is 0 Å². The second-order valence-corrected chi connectivity index (χ2v) is 4.03. The molecule has 0 amide bonds. The summed E-state index contributed by atoms with van der Waals surface area (Å²) < 4.78 is 15.7. The van der Waals surface area contributed by atoms with Crippen molar-refractivity contribution in [3.8, 4) is 17.6 Å². The predicted octanol–water partition coefficient (Wildman–Crippen LogP) is 2.29. The zero-order valence-corrected chi connectivity index (χ0v) is 11.3. The Morgan fingerprint density at radius 2 is 2.05 bits per heavy atom. The van der Waals surface area contributed by atoms with E-state index in [2.05, 4.69) is 0 Å². The van der Waals surface area contributed by atoms with Crippen molar-refractivity contribution >= 4 is 5.97 Å². The van der Waals surface area contributed by atoms with Gasteiger partial charge in [-0.2, -0.15) is 5.26 Å². The fourth-order valence-corrected chi connectivity index (χ4v) is 1.40. The lowest BCUT2D eigenvalue weighted by molar-refractivity contribution is -0.149. The van der Waals surface area contributed by atoms with E-state index in [4.69, 9.17) is 19.5 Å². The maximum Gasteiger partial charge on any atom is 0.344 e. The first-order valence-electron chi connectivity index (χ1n) is 6.06. The highest BCUT2D eigenvalue weighted by Crippen LogP contribution is 2.28. The largest absolute Gasteiger partial charge is 0.490 e. The molecule has 0 aliphatic rings. The van der Waals surface area contributed by atoms with Gasteiger partial charge in [-0.1, -0.05) is 0 Å². The number of hydrogen-bond donors (Lipinski definition) is 0. The molecule has 0 aliphatic heterocycles. The molecule has 0 spiro atoms. The minimum absolute atomic E-state index is 0.177. The highest BCUT2D eigenvalue weighted by Gasteiger charge is 2.10. The first-order chi connectivity index (χ1) is 9.06. The van der Waals surface area contributed by atoms with Gasteiger partial charge in [-0.25, -0.2) is 4.79 Å². The van der Waals surface area contributed by atoms with Gasteiger partial charge >= 0.3 is 5.97 Å². The second-order valence-electron chi connectivity index (χ2n) is 4.03. The van der Waals surface area contributed by atoms with E-state index < -0.39 is 5.97 Å². The summed E-state index contributed by atoms with van der Waals surface area (Å²) in [7, 11) is 0. The summed E-state index contributed by atoms with van der Waals surface area (Å²) in [5.41, 5.74) is 0.473. The zero-order valence-electron chi connectivity index (χ0n) is 11.3. The van der Waals surface area contributed by atoms with Crippen LogP contribution < -0.4 is 9.47 Å². The number of carbonyl (C=O) groups excluding carboxylic acids is 1. The van der Waals surface area contributed by atoms with Gasteiger partial charge in [0.25, 0.3) is 0 Å². The molecule has 0 heterocycles. The molecule has 5 nitrogen and oxygen atoms in total. The predicted molar refractivity (Wildman–Crippen MR) is 69.0 cm³/mol. The third-order valence-electron chi connectivity index (χ3n) is 2.09. The van der Waals surface area contributed by atoms with Crippen LogP contribution in [-0.4, -0.2) is 25.3 Å². The van der Waals surface area contributed by atoms with Crippen LogP contribution in [0.1, 0.15) is 26.3 Å². The third kappa shape index (κ3) is 4.88. The molecule has 0 bridgehead atoms. The molecule has 1 aromatic carbocycles. The van der Waals surface area contributed by atoms with Gasteiger partial charge < -0.3 is 14.2 Å². The zero-order chi connectivity index (χ0) is 14.3. The van der Waals surface area contributed by atoms with Crippen LogP contribution in [0.15, 0.2) is 18.2 Å². The monoisotopic (exact) mass is 263 g/mol. The van der Waals surface area contributed by atoms with Crippen molar-refractivity contribution < 1.29 is 19.0 Å². The Balaban J connectivity index is 2.72. The summed E-state index contributed by atoms with van der Waals surface area (Å²) in [5.74, 6) is 0.419. The van der Waals surface area contributed by atoms with Crippen LogP contribution >= 0.6 is 0 Å². The number of nitriles is 1. The van der Waals surface area contributed by atoms with Crippen molar-refractivity contribution in [1.82, 2.24) is 0 Å². The van der Waals surface area contributed by atoms with E-state index in [1.807, 2.05) is 13.0 Å². The van der Waals surface area contributed by atoms with Gasteiger partial charge in [-0.15, -0.1) is 0 Å². The van der Waals surface area contributed by atoms with Crippen molar-refractivity contribution in [2.45, 2.75) is 26.9 Å². The van der Waals surface area contributed by atoms with Crippen LogP contribution in [-0.2, 0) is 9.53 Å². The van der Waals surface area contributed by atoms with Gasteiger partial charge in [0.15, 0.2) is 18.1 Å². The summed E-state index contributed by atoms with van der Waals surface area (Å²) in [6.07, 6.45) is -0.177. The Morgan fingerprint density at radius 3 is 2.63 bits per heavy atom. The summed E-state index contributed by atoms with van der Waals surface area (Å²) in [5, 5.41) is 8.82. The standard InChI is InChI=1S/C14H17NO4/c1-4-17-13-7-11(8-15)5-6-12(13)18-9-14(16)19-10(2)3/h5-7,10H,4,9H2,1-3H3. The van der Waals surface area contributed by atoms with Crippen molar-refractivity contribution in [3.63, 3.8) is 0 Å². The number of nitrogens with zero attached hydrogens (tertiary/aromatic N) is 1. The topological polar surface area (TPSA) is 68.5 Å². The van der Waals surface area contributed by atoms with Gasteiger partial charge in [0.1, 0.15) is 0 Å². The molecule has 0 N–H and O–H groups in total. The lowest BCUT2D eigenvalue weighted by Crippen LogP contribution is -2.19. The Labute approximate surface area is 112 Å². The minimum Gasteiger partial charge on any atom is -0.490 e. The summed E-state index contributed by atoms with van der Waals surface area (Å²) >= 11 is 0. The Hall–Kier alpha value is -2.22. The molecule has 0 fully saturated rings. The van der Waals surface area contributed by atoms with Crippen molar-refractivity contribution in [3.05, 3.63) is 23.8 Å². The fraction of sp³-hybridized carbons (Fsp3) is 0.429. The molecule has 0 saturated heterocycles. The Kier molecular flexibility index (Phi) is 5.68. The maximum atomic E-state index is 11.4. The number of ether oxygens (including phenoxy) is 3. The highest BCUT2D eigenvalue weighted by atomic mass is 16.6. The maximum absolute atomic E-state index is 11.4. The van der Waals surface area contributed by atoms with E-state index in [0.29, 0.717) is 23.7 Å². The molecular weight excluding hydrogens is 246 g/mol. The van der Waals surface area contributed by atoms with Crippen LogP contribution in [0.2, 0.25) is 0 Å². The molecule has 19 heavy (non-hydrogen) atoms. The summed E-state index contributed by atoms with van der Waals surface area (Å²) in [6, 6.07) is 6.80. The first kappa shape index (κ1) is 14.8. The van der Waals surface area contributed by atoms with E-state index in [-0.39, 0.29) is 12.7 Å². The van der Waals surface area contributed by atoms with Crippen molar-refractivity contribution in [1.29, 1.82) is 5.26 Å². The van der Waals surface area contributed by atoms with Gasteiger partial charge in [0.2, 0.25) is 0 Å². The average molecular weight is 263 g/mol. The van der Waals surface area contributed by atoms with Gasteiger partial charge in [-0.3, -0.25) is 0 Å². The number of benzene rings is 1. The highest BCUT2D eigenvalue weighted by molar-refractivity contribution is 5.71. The Bertz CT molecular complexity index is 477. The van der Waals surface area contributed by atoms with Crippen LogP contribution in [0.25, 0.3) is 0 Å². The summed E-state index contributed by atoms with van der Waals surface area (Å²) in [4.78, 5) is 11.4. The number of esters is 1. The Morgan fingerprint density at radius 1 is 1.32 bits per heavy atom. The molecule has 0 aromatic heterocycles. The molecule has 0 saturated carbocycles. The van der Waals surface area contributed by atoms with Crippen LogP contribution in [0.4, 0.5) is 0 Å². The van der Waals surface area contributed by atoms with Crippen LogP contribution in [0.5, 0.6) is 11.5 Å². The molecule has 102 valence electrons. The third-order valence-corrected chi connectivity index (χ3v) is 2.09. The van der Waals surface area contributed by atoms with Crippen LogP contribution in [0, 0.1) is 11.3 Å². The van der Waals surface area contributed by atoms with E-state index in [1.54, 1.807) is 32.0 Å². The quantitative estimate of drug-likeness (QED) is 0.736. The van der Waals surface area contributed by atoms with E-state index in [1.165, 1.54) is 0 Å².